The highest BCUT2D eigenvalue weighted by Crippen LogP contribution is 2.47. The zero-order chi connectivity index (χ0) is 10.3. The lowest BCUT2D eigenvalue weighted by atomic mass is 9.68. The monoisotopic (exact) mass is 249 g/mol. The topological polar surface area (TPSA) is 12.0 Å². The van der Waals surface area contributed by atoms with Crippen LogP contribution in [0.3, 0.4) is 0 Å². The molecule has 0 spiro atoms. The Hall–Kier alpha value is 0.240. The Labute approximate surface area is 98.4 Å². The van der Waals surface area contributed by atoms with E-state index in [0.717, 1.165) is 8.67 Å². The second-order valence-corrected chi connectivity index (χ2v) is 6.16. The van der Waals surface area contributed by atoms with Gasteiger partial charge in [0.25, 0.3) is 0 Å². The van der Waals surface area contributed by atoms with E-state index in [-0.39, 0.29) is 0 Å². The average molecular weight is 250 g/mol. The Balaban J connectivity index is 2.14. The lowest BCUT2D eigenvalue weighted by Gasteiger charge is -2.42. The van der Waals surface area contributed by atoms with Crippen molar-refractivity contribution in [3.8, 4) is 0 Å². The predicted molar refractivity (Wildman–Crippen MR) is 63.7 cm³/mol. The Morgan fingerprint density at radius 2 is 2.21 bits per heavy atom. The fourth-order valence-corrected chi connectivity index (χ4v) is 3.78. The quantitative estimate of drug-likeness (QED) is 0.842. The van der Waals surface area contributed by atoms with E-state index in [4.69, 9.17) is 23.2 Å². The number of hydrogen-bond acceptors (Lipinski definition) is 2. The molecule has 14 heavy (non-hydrogen) atoms. The second kappa shape index (κ2) is 4.01. The van der Waals surface area contributed by atoms with Crippen LogP contribution in [0.15, 0.2) is 6.07 Å². The van der Waals surface area contributed by atoms with Crippen LogP contribution in [-0.4, -0.2) is 13.1 Å². The van der Waals surface area contributed by atoms with Crippen molar-refractivity contribution in [1.29, 1.82) is 0 Å². The van der Waals surface area contributed by atoms with Crippen molar-refractivity contribution >= 4 is 34.5 Å². The van der Waals surface area contributed by atoms with E-state index in [1.807, 2.05) is 13.1 Å². The molecule has 0 aliphatic heterocycles. The molecule has 1 aliphatic rings. The fraction of sp³-hybridized carbons (Fsp3) is 0.600. The molecule has 1 aromatic heterocycles. The van der Waals surface area contributed by atoms with Gasteiger partial charge in [-0.1, -0.05) is 30.1 Å². The molecule has 2 rings (SSSR count). The maximum absolute atomic E-state index is 6.12. The molecule has 1 fully saturated rings. The smallest absolute Gasteiger partial charge is 0.0979 e. The zero-order valence-electron chi connectivity index (χ0n) is 8.18. The maximum Gasteiger partial charge on any atom is 0.0979 e. The molecule has 0 saturated heterocycles. The van der Waals surface area contributed by atoms with Gasteiger partial charge < -0.3 is 5.32 Å². The Morgan fingerprint density at radius 1 is 1.50 bits per heavy atom. The number of halogens is 2. The second-order valence-electron chi connectivity index (χ2n) is 3.88. The van der Waals surface area contributed by atoms with Crippen molar-refractivity contribution in [2.45, 2.75) is 25.3 Å². The normalized spacial score (nSPS) is 31.6. The lowest BCUT2D eigenvalue weighted by Crippen LogP contribution is -2.46. The van der Waals surface area contributed by atoms with Gasteiger partial charge >= 0.3 is 0 Å². The minimum atomic E-state index is 0.587. The van der Waals surface area contributed by atoms with Crippen LogP contribution in [-0.2, 0) is 0 Å². The van der Waals surface area contributed by atoms with Gasteiger partial charge in [0.2, 0.25) is 0 Å². The van der Waals surface area contributed by atoms with Crippen molar-refractivity contribution in [2.75, 3.05) is 7.05 Å². The molecule has 3 atom stereocenters. The van der Waals surface area contributed by atoms with Crippen LogP contribution in [0.2, 0.25) is 8.67 Å². The SMILES string of the molecule is CNC1CC(c2cc(Cl)sc2Cl)C1C. The first-order chi connectivity index (χ1) is 6.63. The minimum Gasteiger partial charge on any atom is -0.317 e. The van der Waals surface area contributed by atoms with E-state index < -0.39 is 0 Å². The van der Waals surface area contributed by atoms with Crippen LogP contribution >= 0.6 is 34.5 Å². The molecule has 0 radical (unpaired) electrons. The standard InChI is InChI=1S/C10H13Cl2NS/c1-5-6(3-8(5)13-2)7-4-9(11)14-10(7)12/h4-6,8,13H,3H2,1-2H3. The Bertz CT molecular complexity index is 337. The summed E-state index contributed by atoms with van der Waals surface area (Å²) in [6.07, 6.45) is 1.17. The van der Waals surface area contributed by atoms with E-state index in [1.165, 1.54) is 23.3 Å². The predicted octanol–water partition coefficient (Wildman–Crippen LogP) is 3.77. The first-order valence-electron chi connectivity index (χ1n) is 4.75. The van der Waals surface area contributed by atoms with E-state index >= 15 is 0 Å². The summed E-state index contributed by atoms with van der Waals surface area (Å²) in [5.74, 6) is 1.24. The third-order valence-electron chi connectivity index (χ3n) is 3.23. The van der Waals surface area contributed by atoms with Crippen LogP contribution in [0.1, 0.15) is 24.8 Å². The highest BCUT2D eigenvalue weighted by molar-refractivity contribution is 7.20. The summed E-state index contributed by atoms with van der Waals surface area (Å²) >= 11 is 13.5. The van der Waals surface area contributed by atoms with Gasteiger partial charge in [0.05, 0.1) is 8.67 Å². The largest absolute Gasteiger partial charge is 0.317 e. The highest BCUT2D eigenvalue weighted by atomic mass is 35.5. The molecular weight excluding hydrogens is 237 g/mol. The van der Waals surface area contributed by atoms with Crippen LogP contribution < -0.4 is 5.32 Å². The number of nitrogens with one attached hydrogen (secondary N) is 1. The minimum absolute atomic E-state index is 0.587. The molecule has 78 valence electrons. The van der Waals surface area contributed by atoms with Gasteiger partial charge in [-0.2, -0.15) is 0 Å². The van der Waals surface area contributed by atoms with Gasteiger partial charge in [-0.05, 0) is 36.9 Å². The van der Waals surface area contributed by atoms with Gasteiger partial charge in [-0.25, -0.2) is 0 Å². The molecule has 0 amide bonds. The van der Waals surface area contributed by atoms with Gasteiger partial charge in [-0.15, -0.1) is 11.3 Å². The van der Waals surface area contributed by atoms with Crippen molar-refractivity contribution in [2.24, 2.45) is 5.92 Å². The first kappa shape index (κ1) is 10.7. The molecule has 0 bridgehead atoms. The first-order valence-corrected chi connectivity index (χ1v) is 6.32. The zero-order valence-corrected chi connectivity index (χ0v) is 10.5. The summed E-state index contributed by atoms with van der Waals surface area (Å²) in [6, 6.07) is 2.65. The summed E-state index contributed by atoms with van der Waals surface area (Å²) in [6.45, 7) is 2.26. The molecule has 1 N–H and O–H groups in total. The molecule has 3 unspecified atom stereocenters. The summed E-state index contributed by atoms with van der Waals surface area (Å²) in [4.78, 5) is 0. The number of rotatable bonds is 2. The third kappa shape index (κ3) is 1.69. The molecular formula is C10H13Cl2NS. The maximum atomic E-state index is 6.12. The summed E-state index contributed by atoms with van der Waals surface area (Å²) < 4.78 is 1.66. The number of hydrogen-bond donors (Lipinski definition) is 1. The van der Waals surface area contributed by atoms with Crippen molar-refractivity contribution in [1.82, 2.24) is 5.32 Å². The molecule has 0 aromatic carbocycles. The molecule has 4 heteroatoms. The van der Waals surface area contributed by atoms with Crippen molar-refractivity contribution in [3.63, 3.8) is 0 Å². The molecule has 1 aromatic rings. The van der Waals surface area contributed by atoms with Crippen molar-refractivity contribution < 1.29 is 0 Å². The summed E-state index contributed by atoms with van der Waals surface area (Å²) in [5, 5.41) is 3.30. The van der Waals surface area contributed by atoms with Crippen LogP contribution in [0.4, 0.5) is 0 Å². The summed E-state index contributed by atoms with van der Waals surface area (Å²) in [7, 11) is 2.01. The molecule has 1 aliphatic carbocycles. The van der Waals surface area contributed by atoms with E-state index in [2.05, 4.69) is 12.2 Å². The average Bonchev–Trinajstić information content (AvgIpc) is 2.44. The van der Waals surface area contributed by atoms with Gasteiger partial charge in [0.15, 0.2) is 0 Å². The number of thiophene rings is 1. The van der Waals surface area contributed by atoms with E-state index in [9.17, 15) is 0 Å². The molecule has 1 nitrogen and oxygen atoms in total. The van der Waals surface area contributed by atoms with Crippen molar-refractivity contribution in [3.05, 3.63) is 20.3 Å². The van der Waals surface area contributed by atoms with Gasteiger partial charge in [0, 0.05) is 6.04 Å². The van der Waals surface area contributed by atoms with Crippen LogP contribution in [0, 0.1) is 5.92 Å². The Kier molecular flexibility index (Phi) is 3.08. The highest BCUT2D eigenvalue weighted by Gasteiger charge is 2.39. The van der Waals surface area contributed by atoms with Crippen LogP contribution in [0.25, 0.3) is 0 Å². The molecule has 1 saturated carbocycles. The van der Waals surface area contributed by atoms with Gasteiger partial charge in [-0.3, -0.25) is 0 Å². The lowest BCUT2D eigenvalue weighted by molar-refractivity contribution is 0.195. The Morgan fingerprint density at radius 3 is 2.64 bits per heavy atom. The summed E-state index contributed by atoms with van der Waals surface area (Å²) in [5.41, 5.74) is 1.24. The van der Waals surface area contributed by atoms with Gasteiger partial charge in [0.1, 0.15) is 0 Å². The van der Waals surface area contributed by atoms with Crippen LogP contribution in [0.5, 0.6) is 0 Å². The van der Waals surface area contributed by atoms with E-state index in [0.29, 0.717) is 17.9 Å². The fourth-order valence-electron chi connectivity index (χ4n) is 2.18. The van der Waals surface area contributed by atoms with E-state index in [1.54, 1.807) is 0 Å². The molecule has 1 heterocycles. The third-order valence-corrected chi connectivity index (χ3v) is 4.75.